The van der Waals surface area contributed by atoms with Crippen LogP contribution in [-0.4, -0.2) is 43.4 Å². The van der Waals surface area contributed by atoms with Gasteiger partial charge in [0.15, 0.2) is 11.6 Å². The number of aromatic amines is 1. The predicted octanol–water partition coefficient (Wildman–Crippen LogP) is 6.27. The molecule has 1 heterocycles. The van der Waals surface area contributed by atoms with Gasteiger partial charge in [-0.15, -0.1) is 10.2 Å². The van der Waals surface area contributed by atoms with Crippen molar-refractivity contribution >= 4 is 27.7 Å². The van der Waals surface area contributed by atoms with Gasteiger partial charge in [-0.2, -0.15) is 5.21 Å². The molecule has 0 saturated heterocycles. The Balaban J connectivity index is 1.47. The van der Waals surface area contributed by atoms with Gasteiger partial charge < -0.3 is 10.2 Å². The molecule has 0 radical (unpaired) electrons. The third kappa shape index (κ3) is 7.28. The average molecular weight is 582 g/mol. The molecule has 3 aromatic rings. The van der Waals surface area contributed by atoms with Crippen molar-refractivity contribution in [2.24, 2.45) is 11.3 Å². The van der Waals surface area contributed by atoms with Crippen molar-refractivity contribution in [3.8, 4) is 0 Å². The Hall–Kier alpha value is -3.07. The maximum atomic E-state index is 13.7. The molecule has 1 saturated carbocycles. The fourth-order valence-corrected chi connectivity index (χ4v) is 5.48. The summed E-state index contributed by atoms with van der Waals surface area (Å²) in [6.45, 7) is 9.43. The number of H-pyrrole nitrogens is 1. The zero-order chi connectivity index (χ0) is 27.3. The molecule has 9 heteroatoms. The van der Waals surface area contributed by atoms with Crippen LogP contribution in [0.3, 0.4) is 0 Å². The number of carbonyl (C=O) groups excluding carboxylic acids is 2. The van der Waals surface area contributed by atoms with E-state index in [4.69, 9.17) is 0 Å². The van der Waals surface area contributed by atoms with Gasteiger partial charge in [-0.05, 0) is 67.2 Å². The Labute approximate surface area is 233 Å². The van der Waals surface area contributed by atoms with Gasteiger partial charge >= 0.3 is 6.03 Å². The van der Waals surface area contributed by atoms with Gasteiger partial charge in [0.1, 0.15) is 0 Å². The number of halogens is 1. The SMILES string of the molecule is C[C@@H](NC(=O)N(Cc1ccc(C(=O)Cc2nn[nH]n2)cc1)C1CCC(C(C)(C)C)CC1)c1ccc(Br)cc1. The number of urea groups is 1. The highest BCUT2D eigenvalue weighted by Crippen LogP contribution is 2.39. The van der Waals surface area contributed by atoms with E-state index in [1.165, 1.54) is 0 Å². The molecule has 0 unspecified atom stereocenters. The number of tetrazole rings is 1. The number of benzene rings is 2. The van der Waals surface area contributed by atoms with Crippen molar-refractivity contribution in [1.82, 2.24) is 30.8 Å². The first kappa shape index (κ1) is 28.0. The van der Waals surface area contributed by atoms with E-state index in [0.717, 1.165) is 41.3 Å². The Morgan fingerprint density at radius 1 is 1.05 bits per heavy atom. The number of amides is 2. The lowest BCUT2D eigenvalue weighted by molar-refractivity contribution is 0.0988. The van der Waals surface area contributed by atoms with Gasteiger partial charge in [-0.25, -0.2) is 4.79 Å². The third-order valence-corrected chi connectivity index (χ3v) is 8.20. The Morgan fingerprint density at radius 3 is 2.29 bits per heavy atom. The second-order valence-corrected chi connectivity index (χ2v) is 12.3. The maximum Gasteiger partial charge on any atom is 0.318 e. The minimum Gasteiger partial charge on any atom is -0.331 e. The molecule has 0 bridgehead atoms. The van der Waals surface area contributed by atoms with Gasteiger partial charge in [0, 0.05) is 22.6 Å². The number of carbonyl (C=O) groups is 2. The summed E-state index contributed by atoms with van der Waals surface area (Å²) in [5.74, 6) is 0.957. The molecule has 1 aliphatic carbocycles. The van der Waals surface area contributed by atoms with Crippen LogP contribution in [0.25, 0.3) is 0 Å². The summed E-state index contributed by atoms with van der Waals surface area (Å²) < 4.78 is 1.01. The van der Waals surface area contributed by atoms with Crippen LogP contribution in [0.2, 0.25) is 0 Å². The van der Waals surface area contributed by atoms with Crippen LogP contribution in [0, 0.1) is 11.3 Å². The maximum absolute atomic E-state index is 13.7. The van der Waals surface area contributed by atoms with Gasteiger partial charge in [0.05, 0.1) is 12.5 Å². The van der Waals surface area contributed by atoms with Crippen LogP contribution in [0.15, 0.2) is 53.0 Å². The van der Waals surface area contributed by atoms with Crippen molar-refractivity contribution in [2.75, 3.05) is 0 Å². The van der Waals surface area contributed by atoms with Crippen LogP contribution >= 0.6 is 15.9 Å². The molecular weight excluding hydrogens is 544 g/mol. The van der Waals surface area contributed by atoms with E-state index in [9.17, 15) is 9.59 Å². The molecule has 38 heavy (non-hydrogen) atoms. The molecule has 8 nitrogen and oxygen atoms in total. The van der Waals surface area contributed by atoms with Gasteiger partial charge in [-0.3, -0.25) is 4.79 Å². The molecule has 202 valence electrons. The van der Waals surface area contributed by atoms with Crippen molar-refractivity contribution in [2.45, 2.75) is 78.4 Å². The van der Waals surface area contributed by atoms with E-state index in [1.54, 1.807) is 0 Å². The predicted molar refractivity (Wildman–Crippen MR) is 150 cm³/mol. The molecule has 1 aliphatic rings. The molecule has 1 atom stereocenters. The summed E-state index contributed by atoms with van der Waals surface area (Å²) in [5.41, 5.74) is 2.91. The van der Waals surface area contributed by atoms with Crippen LogP contribution in [-0.2, 0) is 13.0 Å². The first-order chi connectivity index (χ1) is 18.1. The van der Waals surface area contributed by atoms with E-state index in [0.29, 0.717) is 23.9 Å². The summed E-state index contributed by atoms with van der Waals surface area (Å²) in [4.78, 5) is 28.2. The second kappa shape index (κ2) is 12.2. The highest BCUT2D eigenvalue weighted by molar-refractivity contribution is 9.10. The average Bonchev–Trinajstić information content (AvgIpc) is 3.40. The highest BCUT2D eigenvalue weighted by Gasteiger charge is 2.34. The van der Waals surface area contributed by atoms with E-state index >= 15 is 0 Å². The standard InChI is InChI=1S/C29H37BrN6O2/c1-19(21-9-13-24(30)14-10-21)31-28(38)36(25-15-11-23(12-16-25)29(2,3)4)18-20-5-7-22(8-6-20)26(37)17-27-32-34-35-33-27/h5-10,13-14,19,23,25H,11-12,15-18H2,1-4H3,(H,31,38)(H,32,33,34,35)/t19-,23?,25?/m1/s1. The quantitative estimate of drug-likeness (QED) is 0.306. The minimum atomic E-state index is -0.117. The highest BCUT2D eigenvalue weighted by atomic mass is 79.9. The van der Waals surface area contributed by atoms with Crippen molar-refractivity contribution < 1.29 is 9.59 Å². The lowest BCUT2D eigenvalue weighted by atomic mass is 9.71. The topological polar surface area (TPSA) is 104 Å². The summed E-state index contributed by atoms with van der Waals surface area (Å²) in [6.07, 6.45) is 4.30. The number of Topliss-reactive ketones (excluding diaryl/α,β-unsaturated/α-hetero) is 1. The fraction of sp³-hybridized carbons (Fsp3) is 0.483. The first-order valence-electron chi connectivity index (χ1n) is 13.3. The molecular formula is C29H37BrN6O2. The Kier molecular flexibility index (Phi) is 8.97. The number of rotatable bonds is 8. The Morgan fingerprint density at radius 2 is 1.71 bits per heavy atom. The number of hydrogen-bond donors (Lipinski definition) is 2. The zero-order valence-corrected chi connectivity index (χ0v) is 24.2. The third-order valence-electron chi connectivity index (χ3n) is 7.67. The summed E-state index contributed by atoms with van der Waals surface area (Å²) in [5, 5.41) is 16.8. The molecule has 1 fully saturated rings. The van der Waals surface area contributed by atoms with Gasteiger partial charge in [-0.1, -0.05) is 78.3 Å². The molecule has 1 aromatic heterocycles. The number of nitrogens with zero attached hydrogens (tertiary/aromatic N) is 4. The van der Waals surface area contributed by atoms with E-state index < -0.39 is 0 Å². The number of nitrogens with one attached hydrogen (secondary N) is 2. The normalized spacial score (nSPS) is 18.6. The minimum absolute atomic E-state index is 0.0584. The molecule has 2 aromatic carbocycles. The monoisotopic (exact) mass is 580 g/mol. The summed E-state index contributed by atoms with van der Waals surface area (Å²) in [7, 11) is 0. The molecule has 2 N–H and O–H groups in total. The largest absolute Gasteiger partial charge is 0.331 e. The van der Waals surface area contributed by atoms with Crippen LogP contribution in [0.1, 0.15) is 86.7 Å². The van der Waals surface area contributed by atoms with Gasteiger partial charge in [0.2, 0.25) is 0 Å². The number of hydrogen-bond acceptors (Lipinski definition) is 5. The molecule has 4 rings (SSSR count). The lowest BCUT2D eigenvalue weighted by Crippen LogP contribution is -2.48. The lowest BCUT2D eigenvalue weighted by Gasteiger charge is -2.41. The molecule has 0 aliphatic heterocycles. The first-order valence-corrected chi connectivity index (χ1v) is 14.1. The van der Waals surface area contributed by atoms with Crippen molar-refractivity contribution in [3.05, 3.63) is 75.5 Å². The van der Waals surface area contributed by atoms with Crippen LogP contribution in [0.5, 0.6) is 0 Å². The second-order valence-electron chi connectivity index (χ2n) is 11.3. The van der Waals surface area contributed by atoms with Crippen LogP contribution < -0.4 is 5.32 Å². The zero-order valence-electron chi connectivity index (χ0n) is 22.6. The van der Waals surface area contributed by atoms with Crippen molar-refractivity contribution in [1.29, 1.82) is 0 Å². The Bertz CT molecular complexity index is 1200. The fourth-order valence-electron chi connectivity index (χ4n) is 5.22. The van der Waals surface area contributed by atoms with E-state index in [-0.39, 0.29) is 35.7 Å². The number of aromatic nitrogens is 4. The molecule has 0 spiro atoms. The summed E-state index contributed by atoms with van der Waals surface area (Å²) >= 11 is 3.48. The molecule has 2 amide bonds. The van der Waals surface area contributed by atoms with E-state index in [1.807, 2.05) is 60.4 Å². The van der Waals surface area contributed by atoms with E-state index in [2.05, 4.69) is 62.6 Å². The number of ketones is 1. The van der Waals surface area contributed by atoms with Crippen molar-refractivity contribution in [3.63, 3.8) is 0 Å². The summed E-state index contributed by atoms with van der Waals surface area (Å²) in [6, 6.07) is 15.5. The van der Waals surface area contributed by atoms with Crippen LogP contribution in [0.4, 0.5) is 4.79 Å². The smallest absolute Gasteiger partial charge is 0.318 e. The van der Waals surface area contributed by atoms with Gasteiger partial charge in [0.25, 0.3) is 0 Å².